The predicted molar refractivity (Wildman–Crippen MR) is 116 cm³/mol. The summed E-state index contributed by atoms with van der Waals surface area (Å²) in [5.74, 6) is 0.252. The first kappa shape index (κ1) is 18.7. The van der Waals surface area contributed by atoms with Crippen LogP contribution in [0.3, 0.4) is 0 Å². The van der Waals surface area contributed by atoms with Gasteiger partial charge < -0.3 is 16.0 Å². The average Bonchev–Trinajstić information content (AvgIpc) is 3.26. The second-order valence-electron chi connectivity index (χ2n) is 6.59. The number of nitrogens with two attached hydrogens (primary N) is 1. The van der Waals surface area contributed by atoms with Crippen LogP contribution in [-0.4, -0.2) is 25.0 Å². The molecule has 2 aromatic rings. The zero-order chi connectivity index (χ0) is 17.2. The number of rotatable bonds is 3. The maximum absolute atomic E-state index is 12.5. The fraction of sp³-hybridized carbons (Fsp3) is 0.300. The molecular weight excluding hydrogens is 439 g/mol. The Bertz CT molecular complexity index is 849. The number of hydrogen-bond acceptors (Lipinski definition) is 2. The SMILES string of the molecule is I.NC(=NCC(=O)N1CCc2ccccc21)Nc1ccc2c(c1)CCC2. The number of aryl methyl sites for hydroxylation is 2. The number of aliphatic imine (C=N–C) groups is 1. The number of para-hydroxylation sites is 1. The van der Waals surface area contributed by atoms with E-state index in [2.05, 4.69) is 28.5 Å². The summed E-state index contributed by atoms with van der Waals surface area (Å²) in [7, 11) is 0. The highest BCUT2D eigenvalue weighted by Crippen LogP contribution is 2.27. The lowest BCUT2D eigenvalue weighted by Gasteiger charge is -2.16. The largest absolute Gasteiger partial charge is 0.370 e. The van der Waals surface area contributed by atoms with Crippen LogP contribution >= 0.6 is 24.0 Å². The molecule has 1 aliphatic heterocycles. The number of carbonyl (C=O) groups is 1. The molecule has 3 N–H and O–H groups in total. The highest BCUT2D eigenvalue weighted by Gasteiger charge is 2.23. The van der Waals surface area contributed by atoms with E-state index in [9.17, 15) is 4.79 Å². The number of anilines is 2. The molecule has 0 aromatic heterocycles. The molecule has 1 amide bonds. The summed E-state index contributed by atoms with van der Waals surface area (Å²) in [5.41, 5.74) is 11.9. The van der Waals surface area contributed by atoms with Crippen LogP contribution in [0.15, 0.2) is 47.5 Å². The van der Waals surface area contributed by atoms with Crippen LogP contribution < -0.4 is 16.0 Å². The zero-order valence-electron chi connectivity index (χ0n) is 14.6. The molecule has 0 unspecified atom stereocenters. The van der Waals surface area contributed by atoms with Gasteiger partial charge in [0, 0.05) is 17.9 Å². The van der Waals surface area contributed by atoms with Crippen LogP contribution in [0.25, 0.3) is 0 Å². The standard InChI is InChI=1S/C20H22N4O.HI/c21-20(23-17-9-8-14-5-3-6-16(14)12-17)22-13-19(25)24-11-10-15-4-1-2-7-18(15)24;/h1-2,4,7-9,12H,3,5-6,10-11,13H2,(H3,21,22,23);1H. The van der Waals surface area contributed by atoms with Crippen molar-refractivity contribution >= 4 is 47.2 Å². The van der Waals surface area contributed by atoms with Crippen LogP contribution in [0, 0.1) is 0 Å². The Morgan fingerprint density at radius 2 is 1.88 bits per heavy atom. The third-order valence-electron chi connectivity index (χ3n) is 4.94. The molecule has 0 fully saturated rings. The monoisotopic (exact) mass is 462 g/mol. The quantitative estimate of drug-likeness (QED) is 0.419. The summed E-state index contributed by atoms with van der Waals surface area (Å²) in [6, 6.07) is 14.3. The van der Waals surface area contributed by atoms with E-state index in [1.165, 1.54) is 23.1 Å². The number of nitrogens with zero attached hydrogens (tertiary/aromatic N) is 2. The molecule has 5 nitrogen and oxygen atoms in total. The van der Waals surface area contributed by atoms with E-state index >= 15 is 0 Å². The van der Waals surface area contributed by atoms with Crippen LogP contribution in [0.2, 0.25) is 0 Å². The van der Waals surface area contributed by atoms with Gasteiger partial charge in [0.25, 0.3) is 0 Å². The van der Waals surface area contributed by atoms with Crippen molar-refractivity contribution in [3.8, 4) is 0 Å². The maximum atomic E-state index is 12.5. The second kappa shape index (κ2) is 8.07. The molecule has 2 aliphatic rings. The van der Waals surface area contributed by atoms with Crippen molar-refractivity contribution in [1.82, 2.24) is 0 Å². The molecular formula is C20H23IN4O. The van der Waals surface area contributed by atoms with Gasteiger partial charge in [0.1, 0.15) is 6.54 Å². The molecule has 6 heteroatoms. The Morgan fingerprint density at radius 1 is 1.08 bits per heavy atom. The van der Waals surface area contributed by atoms with E-state index in [1.54, 1.807) is 4.90 Å². The zero-order valence-corrected chi connectivity index (χ0v) is 16.9. The van der Waals surface area contributed by atoms with Gasteiger partial charge in [-0.3, -0.25) is 4.79 Å². The number of guanidine groups is 1. The number of hydrogen-bond donors (Lipinski definition) is 2. The Balaban J connectivity index is 0.00000196. The van der Waals surface area contributed by atoms with E-state index in [1.807, 2.05) is 24.3 Å². The molecule has 0 atom stereocenters. The van der Waals surface area contributed by atoms with Gasteiger partial charge in [-0.15, -0.1) is 24.0 Å². The second-order valence-corrected chi connectivity index (χ2v) is 6.59. The lowest BCUT2D eigenvalue weighted by Crippen LogP contribution is -2.32. The molecule has 0 saturated heterocycles. The summed E-state index contributed by atoms with van der Waals surface area (Å²) >= 11 is 0. The first-order valence-electron chi connectivity index (χ1n) is 8.78. The summed E-state index contributed by atoms with van der Waals surface area (Å²) in [6.07, 6.45) is 4.39. The summed E-state index contributed by atoms with van der Waals surface area (Å²) in [5, 5.41) is 3.09. The smallest absolute Gasteiger partial charge is 0.248 e. The Morgan fingerprint density at radius 3 is 2.77 bits per heavy atom. The van der Waals surface area contributed by atoms with E-state index < -0.39 is 0 Å². The Labute approximate surface area is 170 Å². The molecule has 26 heavy (non-hydrogen) atoms. The van der Waals surface area contributed by atoms with Crippen LogP contribution in [0.1, 0.15) is 23.1 Å². The van der Waals surface area contributed by atoms with Crippen LogP contribution in [0.5, 0.6) is 0 Å². The fourth-order valence-corrected chi connectivity index (χ4v) is 3.67. The molecule has 1 heterocycles. The minimum atomic E-state index is -0.0244. The van der Waals surface area contributed by atoms with Crippen LogP contribution in [0.4, 0.5) is 11.4 Å². The van der Waals surface area contributed by atoms with Crippen molar-refractivity contribution in [3.05, 3.63) is 59.2 Å². The highest BCUT2D eigenvalue weighted by molar-refractivity contribution is 14.0. The first-order chi connectivity index (χ1) is 12.2. The van der Waals surface area contributed by atoms with Gasteiger partial charge in [-0.05, 0) is 60.6 Å². The van der Waals surface area contributed by atoms with Gasteiger partial charge in [0.2, 0.25) is 5.91 Å². The third-order valence-corrected chi connectivity index (χ3v) is 4.94. The Hall–Kier alpha value is -2.09. The summed E-state index contributed by atoms with van der Waals surface area (Å²) < 4.78 is 0. The van der Waals surface area contributed by atoms with Crippen molar-refractivity contribution in [3.63, 3.8) is 0 Å². The number of carbonyl (C=O) groups excluding carboxylic acids is 1. The normalized spacial score (nSPS) is 15.2. The summed E-state index contributed by atoms with van der Waals surface area (Å²) in [4.78, 5) is 18.5. The van der Waals surface area contributed by atoms with Gasteiger partial charge in [0.15, 0.2) is 5.96 Å². The van der Waals surface area contributed by atoms with Crippen molar-refractivity contribution < 1.29 is 4.79 Å². The Kier molecular flexibility index (Phi) is 5.80. The lowest BCUT2D eigenvalue weighted by molar-refractivity contribution is -0.117. The highest BCUT2D eigenvalue weighted by atomic mass is 127. The molecule has 0 bridgehead atoms. The van der Waals surface area contributed by atoms with Gasteiger partial charge in [-0.1, -0.05) is 24.3 Å². The van der Waals surface area contributed by atoms with E-state index in [0.29, 0.717) is 6.54 Å². The molecule has 2 aromatic carbocycles. The maximum Gasteiger partial charge on any atom is 0.248 e. The number of halogens is 1. The minimum absolute atomic E-state index is 0. The van der Waals surface area contributed by atoms with E-state index in [4.69, 9.17) is 5.73 Å². The van der Waals surface area contributed by atoms with Gasteiger partial charge >= 0.3 is 0 Å². The molecule has 0 radical (unpaired) electrons. The fourth-order valence-electron chi connectivity index (χ4n) is 3.67. The summed E-state index contributed by atoms with van der Waals surface area (Å²) in [6.45, 7) is 0.768. The average molecular weight is 462 g/mol. The minimum Gasteiger partial charge on any atom is -0.370 e. The molecule has 1 aliphatic carbocycles. The van der Waals surface area contributed by atoms with Crippen molar-refractivity contribution in [2.75, 3.05) is 23.3 Å². The van der Waals surface area contributed by atoms with Gasteiger partial charge in [-0.25, -0.2) is 4.99 Å². The van der Waals surface area contributed by atoms with Crippen molar-refractivity contribution in [2.24, 2.45) is 10.7 Å². The van der Waals surface area contributed by atoms with Gasteiger partial charge in [-0.2, -0.15) is 0 Å². The molecule has 0 saturated carbocycles. The first-order valence-corrected chi connectivity index (χ1v) is 8.78. The topological polar surface area (TPSA) is 70.7 Å². The van der Waals surface area contributed by atoms with Crippen molar-refractivity contribution in [1.29, 1.82) is 0 Å². The predicted octanol–water partition coefficient (Wildman–Crippen LogP) is 3.11. The van der Waals surface area contributed by atoms with Crippen molar-refractivity contribution in [2.45, 2.75) is 25.7 Å². The van der Waals surface area contributed by atoms with E-state index in [-0.39, 0.29) is 42.4 Å². The van der Waals surface area contributed by atoms with Gasteiger partial charge in [0.05, 0.1) is 0 Å². The van der Waals surface area contributed by atoms with Crippen LogP contribution in [-0.2, 0) is 24.1 Å². The third kappa shape index (κ3) is 3.85. The molecule has 136 valence electrons. The number of fused-ring (bicyclic) bond motifs is 2. The van der Waals surface area contributed by atoms with E-state index in [0.717, 1.165) is 30.6 Å². The molecule has 4 rings (SSSR count). The number of nitrogens with one attached hydrogen (secondary N) is 1. The number of amides is 1. The number of benzene rings is 2. The molecule has 0 spiro atoms. The lowest BCUT2D eigenvalue weighted by atomic mass is 10.1.